The Morgan fingerprint density at radius 2 is 1.73 bits per heavy atom. The van der Waals surface area contributed by atoms with Crippen molar-refractivity contribution in [1.82, 2.24) is 0 Å². The van der Waals surface area contributed by atoms with Gasteiger partial charge in [-0.2, -0.15) is 0 Å². The van der Waals surface area contributed by atoms with Crippen LogP contribution in [0.1, 0.15) is 44.9 Å². The van der Waals surface area contributed by atoms with Crippen molar-refractivity contribution in [3.63, 3.8) is 0 Å². The standard InChI is InChI=1S/C11H18/c1-2-4-10(5-3-1)6-7-11-8-9-11/h1-2,10-11H,3-9H2. The van der Waals surface area contributed by atoms with Gasteiger partial charge in [0, 0.05) is 0 Å². The minimum atomic E-state index is 1.04. The van der Waals surface area contributed by atoms with Crippen molar-refractivity contribution < 1.29 is 0 Å². The zero-order valence-corrected chi connectivity index (χ0v) is 7.26. The van der Waals surface area contributed by atoms with Crippen molar-refractivity contribution >= 4 is 0 Å². The largest absolute Gasteiger partial charge is 0.0885 e. The molecule has 0 amide bonds. The molecule has 1 atom stereocenters. The van der Waals surface area contributed by atoms with Crippen molar-refractivity contribution in [3.05, 3.63) is 12.2 Å². The molecular weight excluding hydrogens is 132 g/mol. The molecule has 0 bridgehead atoms. The SMILES string of the molecule is C1=CCC(CCC2CC2)CC1. The Labute approximate surface area is 69.7 Å². The smallest absolute Gasteiger partial charge is 0.0322 e. The lowest BCUT2D eigenvalue weighted by Crippen LogP contribution is -2.02. The van der Waals surface area contributed by atoms with E-state index in [4.69, 9.17) is 0 Å². The third kappa shape index (κ3) is 2.36. The van der Waals surface area contributed by atoms with Gasteiger partial charge in [0.2, 0.25) is 0 Å². The molecular formula is C11H18. The number of hydrogen-bond acceptors (Lipinski definition) is 0. The maximum atomic E-state index is 2.38. The fourth-order valence-corrected chi connectivity index (χ4v) is 2.00. The van der Waals surface area contributed by atoms with E-state index < -0.39 is 0 Å². The van der Waals surface area contributed by atoms with E-state index in [0.717, 1.165) is 11.8 Å². The van der Waals surface area contributed by atoms with Crippen LogP contribution in [0.4, 0.5) is 0 Å². The summed E-state index contributed by atoms with van der Waals surface area (Å²) in [5.74, 6) is 2.18. The lowest BCUT2D eigenvalue weighted by Gasteiger charge is -2.16. The molecule has 0 spiro atoms. The summed E-state index contributed by atoms with van der Waals surface area (Å²) in [5.41, 5.74) is 0. The summed E-state index contributed by atoms with van der Waals surface area (Å²) in [5, 5.41) is 0. The summed E-state index contributed by atoms with van der Waals surface area (Å²) in [6.45, 7) is 0. The molecule has 1 unspecified atom stereocenters. The van der Waals surface area contributed by atoms with Gasteiger partial charge in [-0.15, -0.1) is 0 Å². The third-order valence-corrected chi connectivity index (χ3v) is 3.06. The average molecular weight is 150 g/mol. The minimum absolute atomic E-state index is 1.04. The van der Waals surface area contributed by atoms with E-state index in [-0.39, 0.29) is 0 Å². The quantitative estimate of drug-likeness (QED) is 0.540. The monoisotopic (exact) mass is 150 g/mol. The second kappa shape index (κ2) is 3.42. The molecule has 0 saturated heterocycles. The Bertz CT molecular complexity index is 142. The van der Waals surface area contributed by atoms with Crippen LogP contribution in [0.2, 0.25) is 0 Å². The molecule has 1 saturated carbocycles. The zero-order valence-electron chi connectivity index (χ0n) is 7.26. The highest BCUT2D eigenvalue weighted by molar-refractivity contribution is 4.90. The van der Waals surface area contributed by atoms with E-state index in [9.17, 15) is 0 Å². The van der Waals surface area contributed by atoms with Gasteiger partial charge in [0.1, 0.15) is 0 Å². The summed E-state index contributed by atoms with van der Waals surface area (Å²) < 4.78 is 0. The van der Waals surface area contributed by atoms with Crippen molar-refractivity contribution in [3.8, 4) is 0 Å². The van der Waals surface area contributed by atoms with Gasteiger partial charge in [-0.25, -0.2) is 0 Å². The van der Waals surface area contributed by atoms with Gasteiger partial charge < -0.3 is 0 Å². The molecule has 2 aliphatic carbocycles. The Morgan fingerprint density at radius 3 is 2.36 bits per heavy atom. The van der Waals surface area contributed by atoms with E-state index in [1.165, 1.54) is 44.9 Å². The average Bonchev–Trinajstić information content (AvgIpc) is 2.86. The van der Waals surface area contributed by atoms with Crippen LogP contribution in [0.5, 0.6) is 0 Å². The van der Waals surface area contributed by atoms with Gasteiger partial charge >= 0.3 is 0 Å². The summed E-state index contributed by atoms with van der Waals surface area (Å²) in [6.07, 6.45) is 15.0. The molecule has 62 valence electrons. The van der Waals surface area contributed by atoms with Crippen LogP contribution < -0.4 is 0 Å². The van der Waals surface area contributed by atoms with Gasteiger partial charge in [-0.3, -0.25) is 0 Å². The maximum absolute atomic E-state index is 2.38. The predicted molar refractivity (Wildman–Crippen MR) is 48.4 cm³/mol. The van der Waals surface area contributed by atoms with Crippen LogP contribution in [0.3, 0.4) is 0 Å². The van der Waals surface area contributed by atoms with E-state index in [1.807, 2.05) is 0 Å². The number of allylic oxidation sites excluding steroid dienone is 2. The maximum Gasteiger partial charge on any atom is -0.0322 e. The van der Waals surface area contributed by atoms with E-state index in [2.05, 4.69) is 12.2 Å². The number of hydrogen-bond donors (Lipinski definition) is 0. The molecule has 0 aromatic carbocycles. The molecule has 1 fully saturated rings. The number of rotatable bonds is 3. The van der Waals surface area contributed by atoms with Gasteiger partial charge in [-0.1, -0.05) is 31.4 Å². The molecule has 0 heteroatoms. The Kier molecular flexibility index (Phi) is 2.30. The highest BCUT2D eigenvalue weighted by atomic mass is 14.3. The van der Waals surface area contributed by atoms with Crippen LogP contribution in [0.15, 0.2) is 12.2 Å². The Morgan fingerprint density at radius 1 is 0.909 bits per heavy atom. The van der Waals surface area contributed by atoms with E-state index in [1.54, 1.807) is 0 Å². The van der Waals surface area contributed by atoms with Gasteiger partial charge in [0.05, 0.1) is 0 Å². The Balaban J connectivity index is 1.64. The molecule has 0 aliphatic heterocycles. The second-order valence-electron chi connectivity index (χ2n) is 4.17. The van der Waals surface area contributed by atoms with E-state index >= 15 is 0 Å². The van der Waals surface area contributed by atoms with Gasteiger partial charge in [0.15, 0.2) is 0 Å². The molecule has 0 heterocycles. The molecule has 2 aliphatic rings. The van der Waals surface area contributed by atoms with Crippen molar-refractivity contribution in [1.29, 1.82) is 0 Å². The summed E-state index contributed by atoms with van der Waals surface area (Å²) in [6, 6.07) is 0. The van der Waals surface area contributed by atoms with Crippen molar-refractivity contribution in [2.24, 2.45) is 11.8 Å². The lowest BCUT2D eigenvalue weighted by molar-refractivity contribution is 0.419. The molecule has 0 radical (unpaired) electrons. The highest BCUT2D eigenvalue weighted by Gasteiger charge is 2.22. The first-order chi connectivity index (χ1) is 5.45. The Hall–Kier alpha value is -0.260. The van der Waals surface area contributed by atoms with Crippen LogP contribution in [-0.4, -0.2) is 0 Å². The van der Waals surface area contributed by atoms with Crippen LogP contribution in [0.25, 0.3) is 0 Å². The fraction of sp³-hybridized carbons (Fsp3) is 0.818. The van der Waals surface area contributed by atoms with Gasteiger partial charge in [-0.05, 0) is 37.5 Å². The second-order valence-corrected chi connectivity index (χ2v) is 4.17. The first kappa shape index (κ1) is 7.39. The van der Waals surface area contributed by atoms with Crippen LogP contribution in [0, 0.1) is 11.8 Å². The molecule has 0 N–H and O–H groups in total. The van der Waals surface area contributed by atoms with Gasteiger partial charge in [0.25, 0.3) is 0 Å². The van der Waals surface area contributed by atoms with Crippen LogP contribution in [-0.2, 0) is 0 Å². The lowest BCUT2D eigenvalue weighted by atomic mass is 9.89. The van der Waals surface area contributed by atoms with Crippen LogP contribution >= 0.6 is 0 Å². The molecule has 0 aromatic heterocycles. The molecule has 2 rings (SSSR count). The first-order valence-corrected chi connectivity index (χ1v) is 5.10. The van der Waals surface area contributed by atoms with Crippen molar-refractivity contribution in [2.75, 3.05) is 0 Å². The van der Waals surface area contributed by atoms with E-state index in [0.29, 0.717) is 0 Å². The summed E-state index contributed by atoms with van der Waals surface area (Å²) in [7, 11) is 0. The predicted octanol–water partition coefficient (Wildman–Crippen LogP) is 3.53. The topological polar surface area (TPSA) is 0 Å². The minimum Gasteiger partial charge on any atom is -0.0885 e. The fourth-order valence-electron chi connectivity index (χ4n) is 2.00. The molecule has 0 nitrogen and oxygen atoms in total. The summed E-state index contributed by atoms with van der Waals surface area (Å²) >= 11 is 0. The third-order valence-electron chi connectivity index (χ3n) is 3.06. The molecule has 0 aromatic rings. The highest BCUT2D eigenvalue weighted by Crippen LogP contribution is 2.36. The zero-order chi connectivity index (χ0) is 7.52. The summed E-state index contributed by atoms with van der Waals surface area (Å²) in [4.78, 5) is 0. The normalized spacial score (nSPS) is 30.7. The first-order valence-electron chi connectivity index (χ1n) is 5.10. The van der Waals surface area contributed by atoms with Crippen molar-refractivity contribution in [2.45, 2.75) is 44.9 Å². The molecule has 11 heavy (non-hydrogen) atoms.